The predicted octanol–water partition coefficient (Wildman–Crippen LogP) is 8.57. The van der Waals surface area contributed by atoms with E-state index < -0.39 is 0 Å². The molecule has 0 bridgehead atoms. The van der Waals surface area contributed by atoms with Crippen molar-refractivity contribution in [3.63, 3.8) is 0 Å². The van der Waals surface area contributed by atoms with Gasteiger partial charge in [0.15, 0.2) is 0 Å². The highest BCUT2D eigenvalue weighted by molar-refractivity contribution is 9.15. The number of rotatable bonds is 6. The second kappa shape index (κ2) is 8.92. The van der Waals surface area contributed by atoms with Crippen LogP contribution < -0.4 is 0 Å². The molecule has 0 aliphatic carbocycles. The van der Waals surface area contributed by atoms with Gasteiger partial charge in [-0.3, -0.25) is 0 Å². The van der Waals surface area contributed by atoms with E-state index >= 15 is 0 Å². The van der Waals surface area contributed by atoms with E-state index in [9.17, 15) is 0 Å². The molecule has 5 heteroatoms. The molecule has 0 aliphatic rings. The lowest BCUT2D eigenvalue weighted by atomic mass is 9.91. The maximum absolute atomic E-state index is 3.74. The van der Waals surface area contributed by atoms with Crippen LogP contribution in [0, 0.1) is 0 Å². The summed E-state index contributed by atoms with van der Waals surface area (Å²) in [6.07, 6.45) is 6.26. The molecule has 0 saturated carbocycles. The first-order valence-electron chi connectivity index (χ1n) is 6.46. The molecule has 0 heterocycles. The van der Waals surface area contributed by atoms with E-state index in [1.807, 2.05) is 0 Å². The van der Waals surface area contributed by atoms with E-state index in [4.69, 9.17) is 0 Å². The number of unbranched alkanes of at least 4 members (excludes halogenated alkanes) is 2. The van der Waals surface area contributed by atoms with Crippen molar-refractivity contribution in [2.24, 2.45) is 0 Å². The van der Waals surface area contributed by atoms with Crippen molar-refractivity contribution in [3.05, 3.63) is 27.9 Å². The van der Waals surface area contributed by atoms with Crippen LogP contribution in [0.5, 0.6) is 0 Å². The van der Waals surface area contributed by atoms with E-state index in [0.717, 1.165) is 28.8 Å². The van der Waals surface area contributed by atoms with Crippen molar-refractivity contribution >= 4 is 79.6 Å². The number of hydrogen-bond acceptors (Lipinski definition) is 0. The summed E-state index contributed by atoms with van der Waals surface area (Å²) in [6, 6.07) is 0. The SMILES string of the molecule is CCCCCC(CC)c1c(Br)c(Br)c(Br)c(Br)c1Br. The van der Waals surface area contributed by atoms with Crippen LogP contribution in [0.1, 0.15) is 57.4 Å². The largest absolute Gasteiger partial charge is 0.0654 e. The van der Waals surface area contributed by atoms with Gasteiger partial charge < -0.3 is 0 Å². The summed E-state index contributed by atoms with van der Waals surface area (Å²) >= 11 is 18.4. The van der Waals surface area contributed by atoms with Gasteiger partial charge in [0.2, 0.25) is 0 Å². The molecular formula is C14H17Br5. The molecule has 108 valence electrons. The normalized spacial score (nSPS) is 12.8. The van der Waals surface area contributed by atoms with E-state index in [1.54, 1.807) is 0 Å². The van der Waals surface area contributed by atoms with E-state index in [0.29, 0.717) is 5.92 Å². The average Bonchev–Trinajstić information content (AvgIpc) is 2.41. The van der Waals surface area contributed by atoms with Crippen LogP contribution in [-0.4, -0.2) is 0 Å². The second-order valence-electron chi connectivity index (χ2n) is 4.58. The van der Waals surface area contributed by atoms with Crippen LogP contribution in [-0.2, 0) is 0 Å². The number of halogens is 5. The third-order valence-corrected chi connectivity index (χ3v) is 9.46. The van der Waals surface area contributed by atoms with Gasteiger partial charge in [-0.25, -0.2) is 0 Å². The molecule has 1 aromatic carbocycles. The molecule has 0 saturated heterocycles. The Morgan fingerprint density at radius 2 is 1.21 bits per heavy atom. The standard InChI is InChI=1S/C14H17Br5/c1-3-5-6-7-8(4-2)9-10(15)12(17)14(19)13(18)11(9)16/h8H,3-7H2,1-2H3. The number of benzene rings is 1. The molecular weight excluding hydrogens is 568 g/mol. The van der Waals surface area contributed by atoms with Gasteiger partial charge in [-0.15, -0.1) is 0 Å². The van der Waals surface area contributed by atoms with Gasteiger partial charge in [-0.05, 0) is 104 Å². The maximum Gasteiger partial charge on any atom is 0.0482 e. The highest BCUT2D eigenvalue weighted by Gasteiger charge is 2.22. The summed E-state index contributed by atoms with van der Waals surface area (Å²) in [4.78, 5) is 0. The molecule has 0 fully saturated rings. The molecule has 0 nitrogen and oxygen atoms in total. The van der Waals surface area contributed by atoms with Crippen LogP contribution in [0.2, 0.25) is 0 Å². The van der Waals surface area contributed by atoms with Crippen molar-refractivity contribution in [2.45, 2.75) is 51.9 Å². The Morgan fingerprint density at radius 1 is 0.737 bits per heavy atom. The zero-order chi connectivity index (χ0) is 14.6. The van der Waals surface area contributed by atoms with Gasteiger partial charge in [0.1, 0.15) is 0 Å². The van der Waals surface area contributed by atoms with Gasteiger partial charge in [0, 0.05) is 22.4 Å². The Balaban J connectivity index is 3.16. The first-order chi connectivity index (χ1) is 8.95. The lowest BCUT2D eigenvalue weighted by Gasteiger charge is -2.21. The van der Waals surface area contributed by atoms with Crippen molar-refractivity contribution in [3.8, 4) is 0 Å². The van der Waals surface area contributed by atoms with Crippen molar-refractivity contribution in [1.29, 1.82) is 0 Å². The van der Waals surface area contributed by atoms with Crippen LogP contribution in [0.15, 0.2) is 22.4 Å². The minimum Gasteiger partial charge on any atom is -0.0654 e. The van der Waals surface area contributed by atoms with Gasteiger partial charge in [-0.2, -0.15) is 0 Å². The van der Waals surface area contributed by atoms with E-state index in [1.165, 1.54) is 31.2 Å². The minimum atomic E-state index is 0.580. The molecule has 0 aliphatic heterocycles. The topological polar surface area (TPSA) is 0 Å². The molecule has 0 radical (unpaired) electrons. The molecule has 1 aromatic rings. The molecule has 0 spiro atoms. The summed E-state index contributed by atoms with van der Waals surface area (Å²) in [7, 11) is 0. The predicted molar refractivity (Wildman–Crippen MR) is 102 cm³/mol. The Morgan fingerprint density at radius 3 is 1.63 bits per heavy atom. The van der Waals surface area contributed by atoms with E-state index in [-0.39, 0.29) is 0 Å². The Labute approximate surface area is 158 Å². The smallest absolute Gasteiger partial charge is 0.0482 e. The van der Waals surface area contributed by atoms with Crippen molar-refractivity contribution in [2.75, 3.05) is 0 Å². The fourth-order valence-electron chi connectivity index (χ4n) is 2.17. The molecule has 0 aromatic heterocycles. The summed E-state index contributed by atoms with van der Waals surface area (Å²) in [5.41, 5.74) is 1.36. The van der Waals surface area contributed by atoms with Gasteiger partial charge in [-0.1, -0.05) is 33.1 Å². The third-order valence-electron chi connectivity index (χ3n) is 3.30. The third kappa shape index (κ3) is 4.54. The first kappa shape index (κ1) is 18.7. The quantitative estimate of drug-likeness (QED) is 0.179. The lowest BCUT2D eigenvalue weighted by Crippen LogP contribution is -2.02. The van der Waals surface area contributed by atoms with E-state index in [2.05, 4.69) is 93.5 Å². The molecule has 1 atom stereocenters. The molecule has 0 amide bonds. The molecule has 19 heavy (non-hydrogen) atoms. The summed E-state index contributed by atoms with van der Waals surface area (Å²) in [6.45, 7) is 4.51. The molecule has 1 unspecified atom stereocenters. The van der Waals surface area contributed by atoms with Gasteiger partial charge >= 0.3 is 0 Å². The summed E-state index contributed by atoms with van der Waals surface area (Å²) < 4.78 is 5.49. The fraction of sp³-hybridized carbons (Fsp3) is 0.571. The Hall–Kier alpha value is 1.62. The average molecular weight is 585 g/mol. The lowest BCUT2D eigenvalue weighted by molar-refractivity contribution is 0.550. The van der Waals surface area contributed by atoms with Crippen molar-refractivity contribution in [1.82, 2.24) is 0 Å². The number of hydrogen-bond donors (Lipinski definition) is 0. The second-order valence-corrected chi connectivity index (χ2v) is 8.55. The zero-order valence-corrected chi connectivity index (χ0v) is 18.9. The van der Waals surface area contributed by atoms with Gasteiger partial charge in [0.05, 0.1) is 0 Å². The minimum absolute atomic E-state index is 0.580. The fourth-order valence-corrected chi connectivity index (χ4v) is 5.90. The maximum atomic E-state index is 3.74. The highest BCUT2D eigenvalue weighted by atomic mass is 79.9. The molecule has 1 rings (SSSR count). The van der Waals surface area contributed by atoms with Gasteiger partial charge in [0.25, 0.3) is 0 Å². The Kier molecular flexibility index (Phi) is 8.76. The highest BCUT2D eigenvalue weighted by Crippen LogP contribution is 2.48. The van der Waals surface area contributed by atoms with Crippen LogP contribution >= 0.6 is 79.6 Å². The van der Waals surface area contributed by atoms with Crippen LogP contribution in [0.25, 0.3) is 0 Å². The van der Waals surface area contributed by atoms with Crippen molar-refractivity contribution < 1.29 is 0 Å². The van der Waals surface area contributed by atoms with Crippen LogP contribution in [0.4, 0.5) is 0 Å². The zero-order valence-electron chi connectivity index (χ0n) is 11.0. The first-order valence-corrected chi connectivity index (χ1v) is 10.4. The summed E-state index contributed by atoms with van der Waals surface area (Å²) in [5.74, 6) is 0.580. The van der Waals surface area contributed by atoms with Crippen LogP contribution in [0.3, 0.4) is 0 Å². The Bertz CT molecular complexity index is 413. The molecule has 0 N–H and O–H groups in total. The summed E-state index contributed by atoms with van der Waals surface area (Å²) in [5, 5.41) is 0. The monoisotopic (exact) mass is 580 g/mol.